The largest absolute Gasteiger partial charge is 0.378 e. The summed E-state index contributed by atoms with van der Waals surface area (Å²) in [6.07, 6.45) is 3.43. The molecule has 0 radical (unpaired) electrons. The van der Waals surface area contributed by atoms with E-state index in [4.69, 9.17) is 4.74 Å². The first kappa shape index (κ1) is 14.4. The quantitative estimate of drug-likeness (QED) is 0.896. The van der Waals surface area contributed by atoms with Gasteiger partial charge in [-0.25, -0.2) is 4.68 Å². The van der Waals surface area contributed by atoms with E-state index in [-0.39, 0.29) is 17.8 Å². The number of hydrogen-bond donors (Lipinski definition) is 1. The number of aromatic nitrogens is 2. The average Bonchev–Trinajstić information content (AvgIpc) is 3.19. The molecule has 1 amide bonds. The molecular weight excluding hydrogens is 282 g/mol. The minimum absolute atomic E-state index is 0.00220. The van der Waals surface area contributed by atoms with Crippen LogP contribution in [0, 0.1) is 0 Å². The second-order valence-electron chi connectivity index (χ2n) is 5.39. The summed E-state index contributed by atoms with van der Waals surface area (Å²) in [6.45, 7) is 0.332. The van der Waals surface area contributed by atoms with Gasteiger partial charge in [0.25, 0.3) is 5.91 Å². The number of ether oxygens (including phenoxy) is 1. The summed E-state index contributed by atoms with van der Waals surface area (Å²) >= 11 is 0. The molecule has 0 unspecified atom stereocenters. The van der Waals surface area contributed by atoms with Gasteiger partial charge < -0.3 is 10.1 Å². The van der Waals surface area contributed by atoms with Crippen LogP contribution < -0.4 is 5.32 Å². The van der Waals surface area contributed by atoms with E-state index < -0.39 is 12.5 Å². The first-order valence-corrected chi connectivity index (χ1v) is 7.11. The van der Waals surface area contributed by atoms with Gasteiger partial charge in [0.1, 0.15) is 5.69 Å². The predicted molar refractivity (Wildman–Crippen MR) is 70.1 cm³/mol. The summed E-state index contributed by atoms with van der Waals surface area (Å²) in [6, 6.07) is 1.34. The maximum atomic E-state index is 12.5. The summed E-state index contributed by atoms with van der Waals surface area (Å²) in [7, 11) is 0. The number of carbonyl (C=O) groups is 1. The lowest BCUT2D eigenvalue weighted by molar-refractivity contribution is 0.0559. The van der Waals surface area contributed by atoms with E-state index in [0.717, 1.165) is 32.1 Å². The topological polar surface area (TPSA) is 59.4 Å². The van der Waals surface area contributed by atoms with Crippen LogP contribution in [0.1, 0.15) is 29.9 Å². The number of rotatable bonds is 4. The third kappa shape index (κ3) is 3.06. The number of nitrogens with zero attached hydrogens (tertiary/aromatic N) is 3. The van der Waals surface area contributed by atoms with Crippen LogP contribution in [0.25, 0.3) is 0 Å². The van der Waals surface area contributed by atoms with E-state index in [2.05, 4.69) is 15.3 Å². The van der Waals surface area contributed by atoms with Crippen molar-refractivity contribution >= 4 is 5.91 Å². The van der Waals surface area contributed by atoms with Crippen molar-refractivity contribution in [1.29, 1.82) is 0 Å². The Labute approximate surface area is 121 Å². The van der Waals surface area contributed by atoms with Gasteiger partial charge in [-0.2, -0.15) is 13.9 Å². The smallest absolute Gasteiger partial charge is 0.333 e. The number of carbonyl (C=O) groups excluding carboxylic acids is 1. The number of amides is 1. The van der Waals surface area contributed by atoms with Gasteiger partial charge in [0, 0.05) is 6.20 Å². The fourth-order valence-corrected chi connectivity index (χ4v) is 2.92. The van der Waals surface area contributed by atoms with E-state index in [1.54, 1.807) is 0 Å². The standard InChI is InChI=1S/C13H18F2N4O2/c14-13(15)19-6-3-9(17-19)12(20)16-10-7-21-8-11(10)18-4-1-2-5-18/h3,6,10-11,13H,1-2,4-5,7-8H2,(H,16,20)/t10-,11-/m1/s1. The Morgan fingerprint density at radius 1 is 1.38 bits per heavy atom. The Bertz CT molecular complexity index is 502. The van der Waals surface area contributed by atoms with E-state index in [1.807, 2.05) is 0 Å². The van der Waals surface area contributed by atoms with Crippen molar-refractivity contribution in [2.45, 2.75) is 31.5 Å². The molecule has 8 heteroatoms. The monoisotopic (exact) mass is 300 g/mol. The molecule has 0 aromatic carbocycles. The van der Waals surface area contributed by atoms with Gasteiger partial charge in [-0.3, -0.25) is 9.69 Å². The SMILES string of the molecule is O=C(N[C@@H]1COC[C@H]1N1CCCC1)c1ccn(C(F)F)n1. The van der Waals surface area contributed by atoms with Gasteiger partial charge >= 0.3 is 6.55 Å². The van der Waals surface area contributed by atoms with E-state index in [1.165, 1.54) is 6.07 Å². The van der Waals surface area contributed by atoms with Crippen LogP contribution in [0.15, 0.2) is 12.3 Å². The molecule has 2 atom stereocenters. The molecule has 116 valence electrons. The molecule has 1 aromatic rings. The summed E-state index contributed by atoms with van der Waals surface area (Å²) in [5.41, 5.74) is 0.00220. The third-order valence-corrected chi connectivity index (χ3v) is 4.02. The van der Waals surface area contributed by atoms with Crippen molar-refractivity contribution in [3.05, 3.63) is 18.0 Å². The zero-order valence-corrected chi connectivity index (χ0v) is 11.5. The molecule has 6 nitrogen and oxygen atoms in total. The molecule has 3 rings (SSSR count). The zero-order chi connectivity index (χ0) is 14.8. The highest BCUT2D eigenvalue weighted by molar-refractivity contribution is 5.92. The van der Waals surface area contributed by atoms with Crippen LogP contribution in [0.4, 0.5) is 8.78 Å². The molecule has 0 bridgehead atoms. The van der Waals surface area contributed by atoms with Crippen LogP contribution in [-0.4, -0.2) is 59.0 Å². The second-order valence-corrected chi connectivity index (χ2v) is 5.39. The maximum absolute atomic E-state index is 12.5. The van der Waals surface area contributed by atoms with Crippen molar-refractivity contribution < 1.29 is 18.3 Å². The van der Waals surface area contributed by atoms with Crippen LogP contribution in [0.2, 0.25) is 0 Å². The number of halogens is 2. The van der Waals surface area contributed by atoms with Gasteiger partial charge in [-0.1, -0.05) is 0 Å². The van der Waals surface area contributed by atoms with Crippen LogP contribution in [0.5, 0.6) is 0 Å². The van der Waals surface area contributed by atoms with E-state index >= 15 is 0 Å². The van der Waals surface area contributed by atoms with Crippen molar-refractivity contribution in [2.75, 3.05) is 26.3 Å². The van der Waals surface area contributed by atoms with Crippen molar-refractivity contribution in [1.82, 2.24) is 20.0 Å². The Balaban J connectivity index is 1.62. The first-order valence-electron chi connectivity index (χ1n) is 7.11. The normalized spacial score (nSPS) is 26.6. The third-order valence-electron chi connectivity index (χ3n) is 4.02. The van der Waals surface area contributed by atoms with Crippen LogP contribution >= 0.6 is 0 Å². The Morgan fingerprint density at radius 3 is 2.81 bits per heavy atom. The summed E-state index contributed by atoms with van der Waals surface area (Å²) in [5, 5.41) is 6.42. The number of nitrogens with one attached hydrogen (secondary N) is 1. The van der Waals surface area contributed by atoms with E-state index in [0.29, 0.717) is 17.9 Å². The highest BCUT2D eigenvalue weighted by Gasteiger charge is 2.35. The van der Waals surface area contributed by atoms with Gasteiger partial charge in [-0.15, -0.1) is 0 Å². The van der Waals surface area contributed by atoms with Crippen molar-refractivity contribution in [3.63, 3.8) is 0 Å². The Morgan fingerprint density at radius 2 is 2.14 bits per heavy atom. The second kappa shape index (κ2) is 6.07. The molecule has 0 spiro atoms. The summed E-state index contributed by atoms with van der Waals surface area (Å²) in [4.78, 5) is 14.4. The minimum Gasteiger partial charge on any atom is -0.378 e. The van der Waals surface area contributed by atoms with E-state index in [9.17, 15) is 13.6 Å². The molecule has 2 saturated heterocycles. The lowest BCUT2D eigenvalue weighted by Gasteiger charge is -2.27. The average molecular weight is 300 g/mol. The Hall–Kier alpha value is -1.54. The molecule has 0 aliphatic carbocycles. The maximum Gasteiger partial charge on any atom is 0.333 e. The minimum atomic E-state index is -2.74. The molecule has 1 N–H and O–H groups in total. The predicted octanol–water partition coefficient (Wildman–Crippen LogP) is 0.871. The van der Waals surface area contributed by atoms with Gasteiger partial charge in [0.05, 0.1) is 25.3 Å². The van der Waals surface area contributed by atoms with Gasteiger partial charge in [0.15, 0.2) is 0 Å². The zero-order valence-electron chi connectivity index (χ0n) is 11.5. The molecule has 1 aromatic heterocycles. The van der Waals surface area contributed by atoms with Crippen LogP contribution in [0.3, 0.4) is 0 Å². The molecule has 2 aliphatic rings. The number of alkyl halides is 2. The molecule has 21 heavy (non-hydrogen) atoms. The van der Waals surface area contributed by atoms with Gasteiger partial charge in [-0.05, 0) is 32.0 Å². The summed E-state index contributed by atoms with van der Waals surface area (Å²) in [5.74, 6) is -0.436. The number of likely N-dealkylation sites (tertiary alicyclic amines) is 1. The highest BCUT2D eigenvalue weighted by Crippen LogP contribution is 2.19. The van der Waals surface area contributed by atoms with Crippen molar-refractivity contribution in [3.8, 4) is 0 Å². The number of hydrogen-bond acceptors (Lipinski definition) is 4. The highest BCUT2D eigenvalue weighted by atomic mass is 19.3. The fourth-order valence-electron chi connectivity index (χ4n) is 2.92. The van der Waals surface area contributed by atoms with Gasteiger partial charge in [0.2, 0.25) is 0 Å². The fraction of sp³-hybridized carbons (Fsp3) is 0.692. The molecule has 2 aliphatic heterocycles. The van der Waals surface area contributed by atoms with Crippen molar-refractivity contribution in [2.24, 2.45) is 0 Å². The summed E-state index contributed by atoms with van der Waals surface area (Å²) < 4.78 is 30.8. The molecule has 2 fully saturated rings. The first-order chi connectivity index (χ1) is 10.1. The lowest BCUT2D eigenvalue weighted by Crippen LogP contribution is -2.50. The molecule has 3 heterocycles. The lowest BCUT2D eigenvalue weighted by atomic mass is 10.1. The molecule has 0 saturated carbocycles. The molecular formula is C13H18F2N4O2. The Kier molecular flexibility index (Phi) is 4.16. The van der Waals surface area contributed by atoms with Crippen LogP contribution in [-0.2, 0) is 4.74 Å².